The van der Waals surface area contributed by atoms with Gasteiger partial charge in [-0.05, 0) is 48.9 Å². The maximum atomic E-state index is 12.6. The second-order valence-electron chi connectivity index (χ2n) is 7.21. The van der Waals surface area contributed by atoms with Gasteiger partial charge in [-0.3, -0.25) is 0 Å². The second kappa shape index (κ2) is 7.38. The van der Waals surface area contributed by atoms with Crippen LogP contribution < -0.4 is 10.2 Å². The normalized spacial score (nSPS) is 17.7. The van der Waals surface area contributed by atoms with Gasteiger partial charge in [0.15, 0.2) is 0 Å². The maximum absolute atomic E-state index is 12.6. The molecule has 0 radical (unpaired) electrons. The van der Waals surface area contributed by atoms with E-state index < -0.39 is 0 Å². The Morgan fingerprint density at radius 3 is 2.31 bits per heavy atom. The summed E-state index contributed by atoms with van der Waals surface area (Å²) in [4.78, 5) is 19.2. The van der Waals surface area contributed by atoms with Gasteiger partial charge in [0.2, 0.25) is 0 Å². The number of hydrogen-bond acceptors (Lipinski definition) is 3. The van der Waals surface area contributed by atoms with Gasteiger partial charge in [-0.25, -0.2) is 4.79 Å². The fourth-order valence-corrected chi connectivity index (χ4v) is 3.69. The number of nitrogens with one attached hydrogen (secondary N) is 1. The van der Waals surface area contributed by atoms with E-state index in [1.165, 1.54) is 16.8 Å². The molecule has 2 aromatic carbocycles. The molecule has 5 heteroatoms. The van der Waals surface area contributed by atoms with Crippen LogP contribution in [0.5, 0.6) is 0 Å². The Hall–Kier alpha value is -2.53. The molecule has 26 heavy (non-hydrogen) atoms. The van der Waals surface area contributed by atoms with E-state index in [4.69, 9.17) is 0 Å². The van der Waals surface area contributed by atoms with Crippen molar-refractivity contribution in [1.82, 2.24) is 9.80 Å². The van der Waals surface area contributed by atoms with Crippen molar-refractivity contribution in [3.8, 4) is 0 Å². The lowest BCUT2D eigenvalue weighted by molar-refractivity contribution is 0.206. The van der Waals surface area contributed by atoms with E-state index in [2.05, 4.69) is 52.5 Å². The molecule has 0 unspecified atom stereocenters. The largest absolute Gasteiger partial charge is 0.369 e. The Bertz CT molecular complexity index is 766. The van der Waals surface area contributed by atoms with Crippen LogP contribution in [0.1, 0.15) is 11.1 Å². The lowest BCUT2D eigenvalue weighted by atomic mass is 10.0. The monoisotopic (exact) mass is 350 g/mol. The Morgan fingerprint density at radius 1 is 0.885 bits per heavy atom. The summed E-state index contributed by atoms with van der Waals surface area (Å²) in [5.74, 6) is 0. The predicted molar refractivity (Wildman–Crippen MR) is 106 cm³/mol. The number of rotatable bonds is 2. The molecule has 0 bridgehead atoms. The molecule has 0 saturated carbocycles. The topological polar surface area (TPSA) is 38.8 Å². The molecule has 2 aliphatic rings. The number of carbonyl (C=O) groups excluding carboxylic acids is 1. The molecule has 0 aromatic heterocycles. The van der Waals surface area contributed by atoms with Gasteiger partial charge < -0.3 is 20.0 Å². The van der Waals surface area contributed by atoms with E-state index in [0.29, 0.717) is 6.54 Å². The molecule has 1 fully saturated rings. The molecular formula is C21H26N4O. The van der Waals surface area contributed by atoms with Gasteiger partial charge in [0.25, 0.3) is 0 Å². The van der Waals surface area contributed by atoms with Gasteiger partial charge in [0.05, 0.1) is 0 Å². The first-order chi connectivity index (χ1) is 12.7. The molecule has 4 rings (SSSR count). The van der Waals surface area contributed by atoms with Crippen LogP contribution in [0, 0.1) is 0 Å². The van der Waals surface area contributed by atoms with Gasteiger partial charge in [0, 0.05) is 50.6 Å². The summed E-state index contributed by atoms with van der Waals surface area (Å²) in [5.41, 5.74) is 4.68. The Labute approximate surface area is 155 Å². The van der Waals surface area contributed by atoms with E-state index in [1.54, 1.807) is 0 Å². The Morgan fingerprint density at radius 2 is 1.58 bits per heavy atom. The van der Waals surface area contributed by atoms with Crippen molar-refractivity contribution in [2.45, 2.75) is 13.0 Å². The molecule has 0 atom stereocenters. The zero-order valence-corrected chi connectivity index (χ0v) is 15.3. The molecule has 2 aliphatic heterocycles. The fraction of sp³-hybridized carbons (Fsp3) is 0.381. The number of hydrogen-bond donors (Lipinski definition) is 1. The smallest absolute Gasteiger partial charge is 0.322 e. The molecular weight excluding hydrogens is 324 g/mol. The number of fused-ring (bicyclic) bond motifs is 1. The Balaban J connectivity index is 1.36. The number of likely N-dealkylation sites (N-methyl/N-ethyl adjacent to an activating group) is 1. The number of benzene rings is 2. The minimum atomic E-state index is -0.0214. The fourth-order valence-electron chi connectivity index (χ4n) is 3.69. The highest BCUT2D eigenvalue weighted by atomic mass is 16.2. The molecule has 1 N–H and O–H groups in total. The van der Waals surface area contributed by atoms with E-state index in [9.17, 15) is 4.79 Å². The van der Waals surface area contributed by atoms with Crippen molar-refractivity contribution < 1.29 is 4.79 Å². The van der Waals surface area contributed by atoms with Crippen molar-refractivity contribution in [3.63, 3.8) is 0 Å². The maximum Gasteiger partial charge on any atom is 0.322 e. The zero-order chi connectivity index (χ0) is 17.9. The third kappa shape index (κ3) is 3.68. The van der Waals surface area contributed by atoms with E-state index in [-0.39, 0.29) is 6.03 Å². The molecule has 2 amide bonds. The van der Waals surface area contributed by atoms with Crippen molar-refractivity contribution in [2.75, 3.05) is 50.0 Å². The van der Waals surface area contributed by atoms with E-state index >= 15 is 0 Å². The quantitative estimate of drug-likeness (QED) is 0.905. The summed E-state index contributed by atoms with van der Waals surface area (Å²) in [5, 5.41) is 3.04. The standard InChI is InChI=1S/C21H26N4O/c1-23-12-14-24(15-13-23)20-8-6-19(7-9-20)22-21(26)25-11-10-17-4-2-3-5-18(17)16-25/h2-9H,10-16H2,1H3,(H,22,26). The van der Waals surface area contributed by atoms with Gasteiger partial charge >= 0.3 is 6.03 Å². The molecule has 5 nitrogen and oxygen atoms in total. The van der Waals surface area contributed by atoms with Crippen LogP contribution in [0.15, 0.2) is 48.5 Å². The number of amides is 2. The SMILES string of the molecule is CN1CCN(c2ccc(NC(=O)N3CCc4ccccc4C3)cc2)CC1. The first kappa shape index (κ1) is 16.9. The number of anilines is 2. The van der Waals surface area contributed by atoms with Crippen LogP contribution >= 0.6 is 0 Å². The highest BCUT2D eigenvalue weighted by Gasteiger charge is 2.20. The summed E-state index contributed by atoms with van der Waals surface area (Å²) in [7, 11) is 2.16. The highest BCUT2D eigenvalue weighted by molar-refractivity contribution is 5.89. The number of nitrogens with zero attached hydrogens (tertiary/aromatic N) is 3. The van der Waals surface area contributed by atoms with Gasteiger partial charge in [0.1, 0.15) is 0 Å². The van der Waals surface area contributed by atoms with Gasteiger partial charge in [-0.2, -0.15) is 0 Å². The van der Waals surface area contributed by atoms with Crippen LogP contribution in [-0.2, 0) is 13.0 Å². The van der Waals surface area contributed by atoms with Gasteiger partial charge in [-0.1, -0.05) is 24.3 Å². The number of urea groups is 1. The molecule has 0 spiro atoms. The first-order valence-electron chi connectivity index (χ1n) is 9.35. The highest BCUT2D eigenvalue weighted by Crippen LogP contribution is 2.22. The lowest BCUT2D eigenvalue weighted by Crippen LogP contribution is -2.44. The molecule has 2 heterocycles. The molecule has 0 aliphatic carbocycles. The van der Waals surface area contributed by atoms with Crippen molar-refractivity contribution in [1.29, 1.82) is 0 Å². The zero-order valence-electron chi connectivity index (χ0n) is 15.3. The number of piperazine rings is 1. The molecule has 2 aromatic rings. The summed E-state index contributed by atoms with van der Waals surface area (Å²) in [6.07, 6.45) is 0.923. The van der Waals surface area contributed by atoms with E-state index in [0.717, 1.165) is 44.8 Å². The molecule has 1 saturated heterocycles. The summed E-state index contributed by atoms with van der Waals surface area (Å²) in [6, 6.07) is 16.6. The minimum absolute atomic E-state index is 0.0214. The Kier molecular flexibility index (Phi) is 4.80. The van der Waals surface area contributed by atoms with E-state index in [1.807, 2.05) is 23.1 Å². The van der Waals surface area contributed by atoms with Crippen molar-refractivity contribution in [2.24, 2.45) is 0 Å². The second-order valence-corrected chi connectivity index (χ2v) is 7.21. The molecule has 136 valence electrons. The average Bonchev–Trinajstić information content (AvgIpc) is 2.69. The minimum Gasteiger partial charge on any atom is -0.369 e. The average molecular weight is 350 g/mol. The predicted octanol–water partition coefficient (Wildman–Crippen LogP) is 3.03. The summed E-state index contributed by atoms with van der Waals surface area (Å²) in [6.45, 7) is 5.73. The van der Waals surface area contributed by atoms with Crippen LogP contribution in [0.25, 0.3) is 0 Å². The van der Waals surface area contributed by atoms with Crippen molar-refractivity contribution in [3.05, 3.63) is 59.7 Å². The van der Waals surface area contributed by atoms with Crippen LogP contribution in [0.2, 0.25) is 0 Å². The summed E-state index contributed by atoms with van der Waals surface area (Å²) < 4.78 is 0. The summed E-state index contributed by atoms with van der Waals surface area (Å²) >= 11 is 0. The van der Waals surface area contributed by atoms with Gasteiger partial charge in [-0.15, -0.1) is 0 Å². The third-order valence-corrected chi connectivity index (χ3v) is 5.40. The first-order valence-corrected chi connectivity index (χ1v) is 9.35. The van der Waals surface area contributed by atoms with Crippen LogP contribution in [0.4, 0.5) is 16.2 Å². The van der Waals surface area contributed by atoms with Crippen LogP contribution in [-0.4, -0.2) is 55.6 Å². The third-order valence-electron chi connectivity index (χ3n) is 5.40. The van der Waals surface area contributed by atoms with Crippen molar-refractivity contribution >= 4 is 17.4 Å². The lowest BCUT2D eigenvalue weighted by Gasteiger charge is -2.34. The van der Waals surface area contributed by atoms with Crippen LogP contribution in [0.3, 0.4) is 0 Å². The number of carbonyl (C=O) groups is 1.